The van der Waals surface area contributed by atoms with Gasteiger partial charge >= 0.3 is 0 Å². The van der Waals surface area contributed by atoms with E-state index in [1.807, 2.05) is 31.2 Å². The number of benzene rings is 1. The Morgan fingerprint density at radius 2 is 1.80 bits per heavy atom. The van der Waals surface area contributed by atoms with E-state index in [9.17, 15) is 0 Å². The largest absolute Gasteiger partial charge is 0.490 e. The minimum Gasteiger partial charge on any atom is -0.490 e. The SMILES string of the molecule is CCOc1ccccc1OCCN1CCC(CCl)CC1. The van der Waals surface area contributed by atoms with Crippen molar-refractivity contribution in [2.75, 3.05) is 38.7 Å². The third-order valence-electron chi connectivity index (χ3n) is 3.74. The number of alkyl halides is 1. The second-order valence-corrected chi connectivity index (χ2v) is 5.48. The molecule has 0 spiro atoms. The van der Waals surface area contributed by atoms with Gasteiger partial charge in [0, 0.05) is 12.4 Å². The summed E-state index contributed by atoms with van der Waals surface area (Å²) >= 11 is 5.90. The summed E-state index contributed by atoms with van der Waals surface area (Å²) in [6, 6.07) is 7.86. The molecule has 0 unspecified atom stereocenters. The number of halogens is 1. The number of hydrogen-bond acceptors (Lipinski definition) is 3. The van der Waals surface area contributed by atoms with Crippen molar-refractivity contribution in [1.82, 2.24) is 4.90 Å². The summed E-state index contributed by atoms with van der Waals surface area (Å²) in [6.45, 7) is 6.58. The molecule has 1 fully saturated rings. The average Bonchev–Trinajstić information content (AvgIpc) is 2.50. The molecule has 1 aromatic rings. The van der Waals surface area contributed by atoms with Gasteiger partial charge in [-0.25, -0.2) is 0 Å². The highest BCUT2D eigenvalue weighted by molar-refractivity contribution is 6.18. The zero-order valence-electron chi connectivity index (χ0n) is 12.2. The van der Waals surface area contributed by atoms with Gasteiger partial charge in [-0.05, 0) is 50.9 Å². The van der Waals surface area contributed by atoms with Crippen molar-refractivity contribution in [1.29, 1.82) is 0 Å². The molecule has 0 amide bonds. The predicted octanol–water partition coefficient (Wildman–Crippen LogP) is 3.41. The Morgan fingerprint density at radius 1 is 1.15 bits per heavy atom. The van der Waals surface area contributed by atoms with Gasteiger partial charge in [0.25, 0.3) is 0 Å². The Kier molecular flexibility index (Phi) is 6.48. The van der Waals surface area contributed by atoms with Crippen molar-refractivity contribution in [3.8, 4) is 11.5 Å². The van der Waals surface area contributed by atoms with E-state index in [0.717, 1.165) is 37.0 Å². The number of likely N-dealkylation sites (tertiary alicyclic amines) is 1. The maximum Gasteiger partial charge on any atom is 0.161 e. The van der Waals surface area contributed by atoms with Gasteiger partial charge in [-0.1, -0.05) is 12.1 Å². The monoisotopic (exact) mass is 297 g/mol. The van der Waals surface area contributed by atoms with Crippen LogP contribution in [0.15, 0.2) is 24.3 Å². The summed E-state index contributed by atoms with van der Waals surface area (Å²) in [5, 5.41) is 0. The molecule has 0 atom stereocenters. The fraction of sp³-hybridized carbons (Fsp3) is 0.625. The molecule has 1 heterocycles. The van der Waals surface area contributed by atoms with Crippen LogP contribution in [0.25, 0.3) is 0 Å². The van der Waals surface area contributed by atoms with Gasteiger partial charge in [0.2, 0.25) is 0 Å². The molecular weight excluding hydrogens is 274 g/mol. The van der Waals surface area contributed by atoms with Crippen molar-refractivity contribution in [2.45, 2.75) is 19.8 Å². The minimum atomic E-state index is 0.659. The van der Waals surface area contributed by atoms with Crippen LogP contribution in [0.5, 0.6) is 11.5 Å². The summed E-state index contributed by atoms with van der Waals surface area (Å²) in [6.07, 6.45) is 2.41. The van der Waals surface area contributed by atoms with E-state index in [1.165, 1.54) is 12.8 Å². The first-order valence-corrected chi connectivity index (χ1v) is 8.00. The van der Waals surface area contributed by atoms with Gasteiger partial charge < -0.3 is 9.47 Å². The summed E-state index contributed by atoms with van der Waals surface area (Å²) in [5.41, 5.74) is 0. The number of para-hydroxylation sites is 2. The van der Waals surface area contributed by atoms with Crippen LogP contribution in [0.2, 0.25) is 0 Å². The minimum absolute atomic E-state index is 0.659. The number of hydrogen-bond donors (Lipinski definition) is 0. The third kappa shape index (κ3) is 4.57. The van der Waals surface area contributed by atoms with Gasteiger partial charge in [-0.15, -0.1) is 11.6 Å². The second-order valence-electron chi connectivity index (χ2n) is 5.17. The first-order chi connectivity index (χ1) is 9.83. The summed E-state index contributed by atoms with van der Waals surface area (Å²) in [5.74, 6) is 3.17. The molecule has 1 aliphatic heterocycles. The highest BCUT2D eigenvalue weighted by Crippen LogP contribution is 2.26. The Balaban J connectivity index is 1.73. The van der Waals surface area contributed by atoms with Crippen LogP contribution in [0.3, 0.4) is 0 Å². The van der Waals surface area contributed by atoms with E-state index < -0.39 is 0 Å². The van der Waals surface area contributed by atoms with Gasteiger partial charge in [0.15, 0.2) is 11.5 Å². The summed E-state index contributed by atoms with van der Waals surface area (Å²) in [4.78, 5) is 2.45. The van der Waals surface area contributed by atoms with Crippen LogP contribution < -0.4 is 9.47 Å². The standard InChI is InChI=1S/C16H24ClNO2/c1-2-19-15-5-3-4-6-16(15)20-12-11-18-9-7-14(13-17)8-10-18/h3-6,14H,2,7-13H2,1H3. The number of ether oxygens (including phenoxy) is 2. The van der Waals surface area contributed by atoms with Gasteiger partial charge in [-0.3, -0.25) is 4.90 Å². The van der Waals surface area contributed by atoms with Crippen molar-refractivity contribution in [2.24, 2.45) is 5.92 Å². The average molecular weight is 298 g/mol. The van der Waals surface area contributed by atoms with Gasteiger partial charge in [0.05, 0.1) is 6.61 Å². The maximum atomic E-state index is 5.90. The third-order valence-corrected chi connectivity index (χ3v) is 4.18. The number of nitrogens with zero attached hydrogens (tertiary/aromatic N) is 1. The summed E-state index contributed by atoms with van der Waals surface area (Å²) in [7, 11) is 0. The van der Waals surface area contributed by atoms with E-state index in [1.54, 1.807) is 0 Å². The van der Waals surface area contributed by atoms with Crippen LogP contribution >= 0.6 is 11.6 Å². The van der Waals surface area contributed by atoms with E-state index in [-0.39, 0.29) is 0 Å². The van der Waals surface area contributed by atoms with Crippen LogP contribution in [0.1, 0.15) is 19.8 Å². The van der Waals surface area contributed by atoms with Crippen molar-refractivity contribution < 1.29 is 9.47 Å². The molecule has 3 nitrogen and oxygen atoms in total. The van der Waals surface area contributed by atoms with E-state index in [4.69, 9.17) is 21.1 Å². The maximum absolute atomic E-state index is 5.90. The zero-order chi connectivity index (χ0) is 14.2. The molecule has 0 saturated carbocycles. The van der Waals surface area contributed by atoms with Crippen LogP contribution in [-0.4, -0.2) is 43.6 Å². The fourth-order valence-electron chi connectivity index (χ4n) is 2.49. The zero-order valence-corrected chi connectivity index (χ0v) is 12.9. The molecule has 0 aromatic heterocycles. The smallest absolute Gasteiger partial charge is 0.161 e. The Bertz CT molecular complexity index is 392. The number of piperidine rings is 1. The first-order valence-electron chi connectivity index (χ1n) is 7.46. The molecule has 2 rings (SSSR count). The molecule has 1 aliphatic rings. The van der Waals surface area contributed by atoms with Crippen LogP contribution in [0, 0.1) is 5.92 Å². The van der Waals surface area contributed by atoms with Crippen molar-refractivity contribution >= 4 is 11.6 Å². The second kappa shape index (κ2) is 8.38. The lowest BCUT2D eigenvalue weighted by molar-refractivity contribution is 0.159. The van der Waals surface area contributed by atoms with Gasteiger partial charge in [-0.2, -0.15) is 0 Å². The highest BCUT2D eigenvalue weighted by Gasteiger charge is 2.18. The topological polar surface area (TPSA) is 21.7 Å². The lowest BCUT2D eigenvalue weighted by Crippen LogP contribution is -2.36. The van der Waals surface area contributed by atoms with E-state index >= 15 is 0 Å². The van der Waals surface area contributed by atoms with Gasteiger partial charge in [0.1, 0.15) is 6.61 Å². The van der Waals surface area contributed by atoms with E-state index in [0.29, 0.717) is 19.1 Å². The molecule has 1 aromatic carbocycles. The van der Waals surface area contributed by atoms with E-state index in [2.05, 4.69) is 4.90 Å². The fourth-order valence-corrected chi connectivity index (χ4v) is 2.80. The lowest BCUT2D eigenvalue weighted by atomic mass is 9.99. The molecule has 4 heteroatoms. The lowest BCUT2D eigenvalue weighted by Gasteiger charge is -2.30. The Morgan fingerprint density at radius 3 is 2.40 bits per heavy atom. The molecule has 0 N–H and O–H groups in total. The predicted molar refractivity (Wildman–Crippen MR) is 83.0 cm³/mol. The molecule has 1 saturated heterocycles. The van der Waals surface area contributed by atoms with Crippen LogP contribution in [-0.2, 0) is 0 Å². The Hall–Kier alpha value is -0.930. The molecule has 0 radical (unpaired) electrons. The molecule has 112 valence electrons. The highest BCUT2D eigenvalue weighted by atomic mass is 35.5. The van der Waals surface area contributed by atoms with Crippen LogP contribution in [0.4, 0.5) is 0 Å². The summed E-state index contributed by atoms with van der Waals surface area (Å²) < 4.78 is 11.4. The quantitative estimate of drug-likeness (QED) is 0.720. The molecule has 0 aliphatic carbocycles. The molecule has 0 bridgehead atoms. The van der Waals surface area contributed by atoms with Crippen molar-refractivity contribution in [3.05, 3.63) is 24.3 Å². The normalized spacial score (nSPS) is 17.1. The van der Waals surface area contributed by atoms with Crippen molar-refractivity contribution in [3.63, 3.8) is 0 Å². The first kappa shape index (κ1) is 15.5. The molecule has 20 heavy (non-hydrogen) atoms. The Labute approximate surface area is 126 Å². The molecular formula is C16H24ClNO2. The number of rotatable bonds is 7.